The Bertz CT molecular complexity index is 376. The summed E-state index contributed by atoms with van der Waals surface area (Å²) in [5.74, 6) is 2.93. The molecule has 0 heterocycles. The molecule has 13 heavy (non-hydrogen) atoms. The van der Waals surface area contributed by atoms with Crippen LogP contribution in [0, 0.1) is 26.2 Å². The maximum atomic E-state index is 5.56. The van der Waals surface area contributed by atoms with Crippen molar-refractivity contribution in [3.63, 3.8) is 0 Å². The Morgan fingerprint density at radius 1 is 1.31 bits per heavy atom. The smallest absolute Gasteiger partial charge is 0.0564 e. The average molecular weight is 170 g/mol. The molecule has 0 saturated heterocycles. The average Bonchev–Trinajstić information content (AvgIpc) is 2.85. The summed E-state index contributed by atoms with van der Waals surface area (Å²) in [5, 5.41) is 0. The van der Waals surface area contributed by atoms with E-state index >= 15 is 0 Å². The molecular weight excluding hydrogens is 156 g/mol. The van der Waals surface area contributed by atoms with Gasteiger partial charge >= 0.3 is 0 Å². The Morgan fingerprint density at radius 2 is 2.00 bits per heavy atom. The number of hydrogen-bond donors (Lipinski definition) is 0. The van der Waals surface area contributed by atoms with E-state index in [1.807, 2.05) is 0 Å². The molecule has 0 spiro atoms. The first-order valence-electron chi connectivity index (χ1n) is 4.73. The molecule has 1 aliphatic carbocycles. The minimum absolute atomic E-state index is 0.0950. The maximum Gasteiger partial charge on any atom is 0.0564 e. The lowest BCUT2D eigenvalue weighted by Gasteiger charge is -2.12. The van der Waals surface area contributed by atoms with Gasteiger partial charge in [-0.15, -0.1) is 6.42 Å². The van der Waals surface area contributed by atoms with Crippen LogP contribution >= 0.6 is 0 Å². The highest BCUT2D eigenvalue weighted by Crippen LogP contribution is 2.48. The van der Waals surface area contributed by atoms with Gasteiger partial charge in [0.1, 0.15) is 0 Å². The fourth-order valence-electron chi connectivity index (χ4n) is 1.97. The van der Waals surface area contributed by atoms with E-state index in [0.717, 1.165) is 12.8 Å². The van der Waals surface area contributed by atoms with Crippen molar-refractivity contribution in [2.45, 2.75) is 32.1 Å². The van der Waals surface area contributed by atoms with Crippen LogP contribution in [0.1, 0.15) is 29.5 Å². The molecular formula is C13H14. The molecule has 0 unspecified atom stereocenters. The number of terminal acetylenes is 1. The van der Waals surface area contributed by atoms with Gasteiger partial charge in [0.25, 0.3) is 0 Å². The summed E-state index contributed by atoms with van der Waals surface area (Å²) in [7, 11) is 0. The molecule has 0 aliphatic heterocycles. The van der Waals surface area contributed by atoms with E-state index in [2.05, 4.69) is 38.0 Å². The Morgan fingerprint density at radius 3 is 2.46 bits per heavy atom. The standard InChI is InChI=1S/C13H14/c1-4-13(7-8-13)12-6-5-10(2)9-11(12)3/h1,5-6,9H,7-8H2,2-3H3. The molecule has 1 aliphatic rings. The zero-order valence-corrected chi connectivity index (χ0v) is 8.22. The van der Waals surface area contributed by atoms with Crippen molar-refractivity contribution in [2.75, 3.05) is 0 Å². The fraction of sp³-hybridized carbons (Fsp3) is 0.385. The largest absolute Gasteiger partial charge is 0.119 e. The SMILES string of the molecule is C#CC1(c2ccc(C)cc2C)CC1. The van der Waals surface area contributed by atoms with Gasteiger partial charge in [0.15, 0.2) is 0 Å². The van der Waals surface area contributed by atoms with E-state index < -0.39 is 0 Å². The molecule has 0 bridgehead atoms. The van der Waals surface area contributed by atoms with Gasteiger partial charge in [0.2, 0.25) is 0 Å². The molecule has 1 saturated carbocycles. The van der Waals surface area contributed by atoms with Crippen LogP contribution in [0.15, 0.2) is 18.2 Å². The highest BCUT2D eigenvalue weighted by atomic mass is 14.4. The molecule has 0 amide bonds. The van der Waals surface area contributed by atoms with Gasteiger partial charge in [-0.25, -0.2) is 0 Å². The monoisotopic (exact) mass is 170 g/mol. The molecule has 0 atom stereocenters. The van der Waals surface area contributed by atoms with Crippen molar-refractivity contribution in [1.82, 2.24) is 0 Å². The van der Waals surface area contributed by atoms with Crippen molar-refractivity contribution in [1.29, 1.82) is 0 Å². The van der Waals surface area contributed by atoms with Gasteiger partial charge in [-0.05, 0) is 37.8 Å². The zero-order valence-electron chi connectivity index (χ0n) is 8.22. The van der Waals surface area contributed by atoms with Crippen LogP contribution in [0.2, 0.25) is 0 Å². The topological polar surface area (TPSA) is 0 Å². The third-order valence-electron chi connectivity index (χ3n) is 2.92. The summed E-state index contributed by atoms with van der Waals surface area (Å²) in [5.41, 5.74) is 4.11. The van der Waals surface area contributed by atoms with Crippen LogP contribution < -0.4 is 0 Å². The highest BCUT2D eigenvalue weighted by Gasteiger charge is 2.43. The quantitative estimate of drug-likeness (QED) is 0.568. The molecule has 2 rings (SSSR count). The lowest BCUT2D eigenvalue weighted by molar-refractivity contribution is 0.914. The Kier molecular flexibility index (Phi) is 1.70. The molecule has 66 valence electrons. The lowest BCUT2D eigenvalue weighted by Crippen LogP contribution is -2.04. The molecule has 1 aromatic rings. The third kappa shape index (κ3) is 1.25. The van der Waals surface area contributed by atoms with Gasteiger partial charge in [-0.1, -0.05) is 29.7 Å². The second-order valence-corrected chi connectivity index (χ2v) is 4.04. The summed E-state index contributed by atoms with van der Waals surface area (Å²) in [6, 6.07) is 6.56. The first kappa shape index (κ1) is 8.38. The van der Waals surface area contributed by atoms with Crippen LogP contribution in [0.4, 0.5) is 0 Å². The van der Waals surface area contributed by atoms with E-state index in [4.69, 9.17) is 6.42 Å². The summed E-state index contributed by atoms with van der Waals surface area (Å²) in [4.78, 5) is 0. The fourth-order valence-corrected chi connectivity index (χ4v) is 1.97. The van der Waals surface area contributed by atoms with Crippen molar-refractivity contribution in [3.05, 3.63) is 34.9 Å². The van der Waals surface area contributed by atoms with Crippen LogP contribution in [-0.4, -0.2) is 0 Å². The van der Waals surface area contributed by atoms with Gasteiger partial charge < -0.3 is 0 Å². The van der Waals surface area contributed by atoms with E-state index in [1.165, 1.54) is 16.7 Å². The van der Waals surface area contributed by atoms with Gasteiger partial charge in [-0.3, -0.25) is 0 Å². The van der Waals surface area contributed by atoms with Gasteiger partial charge in [0, 0.05) is 0 Å². The maximum absolute atomic E-state index is 5.56. The van der Waals surface area contributed by atoms with Crippen molar-refractivity contribution >= 4 is 0 Å². The number of benzene rings is 1. The first-order chi connectivity index (χ1) is 6.18. The molecule has 0 aromatic heterocycles. The molecule has 0 N–H and O–H groups in total. The third-order valence-corrected chi connectivity index (χ3v) is 2.92. The molecule has 0 radical (unpaired) electrons. The van der Waals surface area contributed by atoms with Crippen LogP contribution in [0.25, 0.3) is 0 Å². The second kappa shape index (κ2) is 2.64. The highest BCUT2D eigenvalue weighted by molar-refractivity contribution is 5.46. The van der Waals surface area contributed by atoms with Gasteiger partial charge in [0.05, 0.1) is 5.41 Å². The van der Waals surface area contributed by atoms with Crippen molar-refractivity contribution in [2.24, 2.45) is 0 Å². The number of hydrogen-bond acceptors (Lipinski definition) is 0. The summed E-state index contributed by atoms with van der Waals surface area (Å²) < 4.78 is 0. The minimum atomic E-state index is 0.0950. The Labute approximate surface area is 80.0 Å². The van der Waals surface area contributed by atoms with E-state index in [-0.39, 0.29) is 5.41 Å². The van der Waals surface area contributed by atoms with Crippen LogP contribution in [0.5, 0.6) is 0 Å². The minimum Gasteiger partial charge on any atom is -0.119 e. The molecule has 1 aromatic carbocycles. The summed E-state index contributed by atoms with van der Waals surface area (Å²) in [6.07, 6.45) is 7.88. The van der Waals surface area contributed by atoms with Crippen LogP contribution in [0.3, 0.4) is 0 Å². The zero-order chi connectivity index (χ0) is 9.47. The predicted molar refractivity (Wildman–Crippen MR) is 55.7 cm³/mol. The number of rotatable bonds is 1. The lowest BCUT2D eigenvalue weighted by atomic mass is 9.92. The predicted octanol–water partition coefficient (Wildman–Crippen LogP) is 2.97. The van der Waals surface area contributed by atoms with Crippen molar-refractivity contribution < 1.29 is 0 Å². The van der Waals surface area contributed by atoms with E-state index in [9.17, 15) is 0 Å². The second-order valence-electron chi connectivity index (χ2n) is 4.04. The molecule has 1 fully saturated rings. The number of aryl methyl sites for hydroxylation is 2. The van der Waals surface area contributed by atoms with Crippen LogP contribution in [-0.2, 0) is 5.41 Å². The summed E-state index contributed by atoms with van der Waals surface area (Å²) >= 11 is 0. The van der Waals surface area contributed by atoms with E-state index in [0.29, 0.717) is 0 Å². The van der Waals surface area contributed by atoms with Crippen molar-refractivity contribution in [3.8, 4) is 12.3 Å². The summed E-state index contributed by atoms with van der Waals surface area (Å²) in [6.45, 7) is 4.27. The molecule has 0 nitrogen and oxygen atoms in total. The normalized spacial score (nSPS) is 17.9. The Hall–Kier alpha value is -1.22. The first-order valence-corrected chi connectivity index (χ1v) is 4.73. The Balaban J connectivity index is 2.48. The molecule has 0 heteroatoms. The van der Waals surface area contributed by atoms with Gasteiger partial charge in [-0.2, -0.15) is 0 Å². The van der Waals surface area contributed by atoms with E-state index in [1.54, 1.807) is 0 Å².